The van der Waals surface area contributed by atoms with Crippen LogP contribution in [-0.2, 0) is 0 Å². The van der Waals surface area contributed by atoms with Gasteiger partial charge in [0.1, 0.15) is 12.7 Å². The van der Waals surface area contributed by atoms with Gasteiger partial charge in [0.05, 0.1) is 5.69 Å². The number of hydrogen-bond acceptors (Lipinski definition) is 4. The molecule has 0 spiro atoms. The van der Waals surface area contributed by atoms with Crippen molar-refractivity contribution in [2.24, 2.45) is 4.99 Å². The molecule has 0 radical (unpaired) electrons. The summed E-state index contributed by atoms with van der Waals surface area (Å²) in [6.07, 6.45) is 13.0. The average molecular weight is 267 g/mol. The Balaban J connectivity index is 1.70. The number of nitrogens with one attached hydrogen (secondary N) is 1. The molecule has 1 aliphatic rings. The number of rotatable bonds is 4. The summed E-state index contributed by atoms with van der Waals surface area (Å²) in [5.74, 6) is 0. The number of para-hydroxylation sites is 1. The van der Waals surface area contributed by atoms with Crippen molar-refractivity contribution in [3.8, 4) is 0 Å². The molecule has 0 unspecified atom stereocenters. The second-order valence-corrected chi connectivity index (χ2v) is 4.17. The lowest BCUT2D eigenvalue weighted by atomic mass is 10.2. The maximum atomic E-state index is 4.45. The molecule has 5 nitrogen and oxygen atoms in total. The molecule has 1 aromatic heterocycles. The third kappa shape index (κ3) is 2.89. The number of nitrogens with zero attached hydrogens (tertiary/aromatic N) is 4. The number of aliphatic imine (C=N–C) groups is 1. The van der Waals surface area contributed by atoms with Crippen LogP contribution < -0.4 is 5.43 Å². The van der Waals surface area contributed by atoms with E-state index >= 15 is 0 Å². The van der Waals surface area contributed by atoms with Gasteiger partial charge in [-0.3, -0.25) is 10.4 Å². The molecule has 0 aliphatic heterocycles. The third-order valence-corrected chi connectivity index (χ3v) is 2.78. The molecule has 0 fully saturated rings. The number of allylic oxidation sites excluding steroid dienone is 5. The highest BCUT2D eigenvalue weighted by Crippen LogP contribution is 2.18. The molecule has 0 amide bonds. The Morgan fingerprint density at radius 1 is 1.10 bits per heavy atom. The van der Waals surface area contributed by atoms with Gasteiger partial charge >= 0.3 is 0 Å². The maximum Gasteiger partial charge on any atom is 0.139 e. The first-order valence-corrected chi connectivity index (χ1v) is 6.21. The molecule has 2 aromatic rings. The highest BCUT2D eigenvalue weighted by molar-refractivity contribution is 5.89. The molecule has 0 bridgehead atoms. The van der Waals surface area contributed by atoms with Crippen molar-refractivity contribution in [3.05, 3.63) is 78.6 Å². The van der Waals surface area contributed by atoms with Crippen molar-refractivity contribution in [1.29, 1.82) is 0 Å². The molecule has 20 heavy (non-hydrogen) atoms. The lowest BCUT2D eigenvalue weighted by Crippen LogP contribution is -2.06. The van der Waals surface area contributed by atoms with E-state index < -0.39 is 0 Å². The minimum atomic E-state index is 0.936. The van der Waals surface area contributed by atoms with Gasteiger partial charge < -0.3 is 0 Å². The van der Waals surface area contributed by atoms with Crippen LogP contribution in [0.1, 0.15) is 0 Å². The highest BCUT2D eigenvalue weighted by atomic mass is 16.3. The molecule has 0 saturated carbocycles. The predicted octanol–water partition coefficient (Wildman–Crippen LogP) is 2.60. The molecule has 0 atom stereocenters. The summed E-state index contributed by atoms with van der Waals surface area (Å²) >= 11 is 0. The number of hydrogen-bond donors (Lipinski definition) is 1. The van der Waals surface area contributed by atoms with Gasteiger partial charge in [0.2, 0.25) is 0 Å². The van der Waals surface area contributed by atoms with Crippen molar-refractivity contribution in [2.45, 2.75) is 0 Å². The van der Waals surface area contributed by atoms with Gasteiger partial charge in [0.15, 0.2) is 0 Å². The molecule has 98 valence electrons. The zero-order chi connectivity index (χ0) is 13.6. The van der Waals surface area contributed by atoms with Gasteiger partial charge in [-0.1, -0.05) is 36.4 Å². The van der Waals surface area contributed by atoms with Crippen LogP contribution in [0.25, 0.3) is 0 Å². The van der Waals surface area contributed by atoms with E-state index in [0.29, 0.717) is 0 Å². The first kappa shape index (κ1) is 12.1. The molecule has 1 N–H and O–H groups in total. The largest absolute Gasteiger partial charge is 0.299 e. The highest BCUT2D eigenvalue weighted by Gasteiger charge is 2.03. The van der Waals surface area contributed by atoms with Crippen LogP contribution in [0.4, 0.5) is 5.69 Å². The smallest absolute Gasteiger partial charge is 0.139 e. The van der Waals surface area contributed by atoms with Gasteiger partial charge in [-0.05, 0) is 12.1 Å². The summed E-state index contributed by atoms with van der Waals surface area (Å²) < 4.78 is 1.67. The molecule has 1 aromatic carbocycles. The van der Waals surface area contributed by atoms with Crippen molar-refractivity contribution in [2.75, 3.05) is 5.43 Å². The van der Waals surface area contributed by atoms with Crippen LogP contribution >= 0.6 is 0 Å². The van der Waals surface area contributed by atoms with Crippen molar-refractivity contribution >= 4 is 11.9 Å². The van der Waals surface area contributed by atoms with Crippen LogP contribution in [0.15, 0.2) is 83.6 Å². The van der Waals surface area contributed by atoms with E-state index in [1.807, 2.05) is 61.0 Å². The molecule has 1 aliphatic carbocycles. The SMILES string of the molecule is C1=C/C(=C\[15NH][15n]2c[15n][15n]c2)C(C=Nc2ccccc2)=C1. The summed E-state index contributed by atoms with van der Waals surface area (Å²) in [5.41, 5.74) is 6.11. The predicted molar refractivity (Wildman–Crippen MR) is 79.3 cm³/mol. The van der Waals surface area contributed by atoms with Gasteiger partial charge in [-0.25, -0.2) is 4.68 Å². The zero-order valence-corrected chi connectivity index (χ0v) is 10.7. The van der Waals surface area contributed by atoms with Crippen LogP contribution in [0.3, 0.4) is 0 Å². The monoisotopic (exact) mass is 267 g/mol. The molecule has 1 heterocycles. The second kappa shape index (κ2) is 5.79. The van der Waals surface area contributed by atoms with Gasteiger partial charge in [0.25, 0.3) is 0 Å². The fourth-order valence-electron chi connectivity index (χ4n) is 1.77. The Morgan fingerprint density at radius 3 is 2.70 bits per heavy atom. The van der Waals surface area contributed by atoms with Crippen molar-refractivity contribution in [3.63, 3.8) is 0 Å². The van der Waals surface area contributed by atoms with E-state index in [4.69, 9.17) is 0 Å². The first-order valence-electron chi connectivity index (χ1n) is 6.21. The Morgan fingerprint density at radius 2 is 1.90 bits per heavy atom. The van der Waals surface area contributed by atoms with Crippen LogP contribution in [0.2, 0.25) is 0 Å². The normalized spacial score (nSPS) is 16.0. The molecule has 3 rings (SSSR count). The van der Waals surface area contributed by atoms with Gasteiger partial charge in [0, 0.05) is 23.6 Å². The molecular formula is C15H13N5. The standard InChI is InChI=1S/C15H13N5/c1-2-7-15(8-3-1)16-9-13-5-4-6-14(13)10-19-20-11-17-18-12-20/h1-12,19H/b14-10+,16-9?/i17+1,18+1,19+1,20+1. The van der Waals surface area contributed by atoms with Crippen molar-refractivity contribution in [1.82, 2.24) is 14.9 Å². The second-order valence-electron chi connectivity index (χ2n) is 4.17. The Hall–Kier alpha value is -2.95. The first-order chi connectivity index (χ1) is 9.92. The summed E-state index contributed by atoms with van der Waals surface area (Å²) in [6, 6.07) is 9.86. The molecule has 5 heteroatoms. The number of aromatic nitrogens is 3. The van der Waals surface area contributed by atoms with E-state index in [2.05, 4.69) is 20.6 Å². The molecular weight excluding hydrogens is 254 g/mol. The average Bonchev–Trinajstić information content (AvgIpc) is 3.15. The lowest BCUT2D eigenvalue weighted by molar-refractivity contribution is 0.945. The fourth-order valence-corrected chi connectivity index (χ4v) is 1.77. The van der Waals surface area contributed by atoms with Crippen LogP contribution in [0, 0.1) is 0 Å². The van der Waals surface area contributed by atoms with Gasteiger partial charge in [-0.15, -0.1) is 10.2 Å². The van der Waals surface area contributed by atoms with Crippen LogP contribution in [0.5, 0.6) is 0 Å². The molecule has 0 saturated heterocycles. The zero-order valence-electron chi connectivity index (χ0n) is 10.7. The number of benzene rings is 1. The van der Waals surface area contributed by atoms with Gasteiger partial charge in [-0.2, -0.15) is 0 Å². The summed E-state index contributed by atoms with van der Waals surface area (Å²) in [7, 11) is 0. The fraction of sp³-hybridized carbons (Fsp3) is 0. The summed E-state index contributed by atoms with van der Waals surface area (Å²) in [5, 5.41) is 7.45. The third-order valence-electron chi connectivity index (χ3n) is 2.78. The minimum absolute atomic E-state index is 0.936. The van der Waals surface area contributed by atoms with E-state index in [-0.39, 0.29) is 0 Å². The quantitative estimate of drug-likeness (QED) is 0.684. The maximum absolute atomic E-state index is 4.45. The van der Waals surface area contributed by atoms with E-state index in [9.17, 15) is 0 Å². The summed E-state index contributed by atoms with van der Waals surface area (Å²) in [6.45, 7) is 0. The minimum Gasteiger partial charge on any atom is -0.299 e. The Bertz CT molecular complexity index is 678. The van der Waals surface area contributed by atoms with E-state index in [1.54, 1.807) is 17.3 Å². The van der Waals surface area contributed by atoms with E-state index in [1.165, 1.54) is 0 Å². The van der Waals surface area contributed by atoms with Crippen molar-refractivity contribution < 1.29 is 0 Å². The summed E-state index contributed by atoms with van der Waals surface area (Å²) in [4.78, 5) is 4.45. The Labute approximate surface area is 116 Å². The Kier molecular flexibility index (Phi) is 3.51. The van der Waals surface area contributed by atoms with E-state index in [0.717, 1.165) is 16.8 Å². The van der Waals surface area contributed by atoms with Crippen LogP contribution in [-0.4, -0.2) is 21.1 Å². The lowest BCUT2D eigenvalue weighted by Gasteiger charge is -2.02. The topological polar surface area (TPSA) is 55.1 Å².